The largest absolute Gasteiger partial charge is 0.309 e. The Labute approximate surface area is 162 Å². The van der Waals surface area contributed by atoms with Crippen molar-refractivity contribution in [3.05, 3.63) is 77.0 Å². The Kier molecular flexibility index (Phi) is 5.80. The van der Waals surface area contributed by atoms with Gasteiger partial charge in [-0.1, -0.05) is 38.1 Å². The quantitative estimate of drug-likeness (QED) is 0.711. The second-order valence-electron chi connectivity index (χ2n) is 6.79. The maximum Gasteiger partial charge on any atom is 0.229 e. The van der Waals surface area contributed by atoms with Crippen molar-refractivity contribution in [2.45, 2.75) is 32.7 Å². The molecule has 7 heteroatoms. The number of carbonyl (C=O) groups excluding carboxylic acids is 1. The number of nitrogens with zero attached hydrogens (tertiary/aromatic N) is 4. The molecule has 1 N–H and O–H groups in total. The third-order valence-electron chi connectivity index (χ3n) is 4.28. The molecule has 0 fully saturated rings. The van der Waals surface area contributed by atoms with Gasteiger partial charge < -0.3 is 5.32 Å². The summed E-state index contributed by atoms with van der Waals surface area (Å²) in [5.41, 5.74) is 2.61. The average Bonchev–Trinajstić information content (AvgIpc) is 3.10. The molecule has 0 unspecified atom stereocenters. The molecule has 142 valence electrons. The number of anilines is 1. The molecule has 3 rings (SSSR count). The summed E-state index contributed by atoms with van der Waals surface area (Å²) in [6.07, 6.45) is 2.96. The van der Waals surface area contributed by atoms with E-state index < -0.39 is 5.82 Å². The van der Waals surface area contributed by atoms with E-state index in [1.54, 1.807) is 23.0 Å². The van der Waals surface area contributed by atoms with E-state index >= 15 is 0 Å². The molecule has 6 nitrogen and oxygen atoms in total. The average molecular weight is 377 g/mol. The van der Waals surface area contributed by atoms with E-state index in [9.17, 15) is 9.18 Å². The summed E-state index contributed by atoms with van der Waals surface area (Å²) in [4.78, 5) is 16.2. The zero-order chi connectivity index (χ0) is 20.1. The van der Waals surface area contributed by atoms with Crippen molar-refractivity contribution >= 4 is 11.7 Å². The Bertz CT molecular complexity index is 1020. The highest BCUT2D eigenvalue weighted by molar-refractivity contribution is 5.91. The number of hydrogen-bond acceptors (Lipinski definition) is 4. The number of halogens is 1. The molecular weight excluding hydrogens is 357 g/mol. The Balaban J connectivity index is 1.59. The van der Waals surface area contributed by atoms with Gasteiger partial charge in [0.2, 0.25) is 5.91 Å². The highest BCUT2D eigenvalue weighted by atomic mass is 19.1. The minimum absolute atomic E-state index is 0.0610. The Morgan fingerprint density at radius 1 is 1.29 bits per heavy atom. The van der Waals surface area contributed by atoms with Gasteiger partial charge in [0.25, 0.3) is 0 Å². The molecule has 1 aromatic carbocycles. The molecule has 2 aromatic heterocycles. The second kappa shape index (κ2) is 8.44. The summed E-state index contributed by atoms with van der Waals surface area (Å²) in [6.45, 7) is 4.52. The van der Waals surface area contributed by atoms with E-state index in [0.29, 0.717) is 17.4 Å². The zero-order valence-corrected chi connectivity index (χ0v) is 15.7. The molecule has 28 heavy (non-hydrogen) atoms. The van der Waals surface area contributed by atoms with E-state index in [2.05, 4.69) is 29.2 Å². The van der Waals surface area contributed by atoms with E-state index in [1.165, 1.54) is 11.6 Å². The van der Waals surface area contributed by atoms with Crippen LogP contribution >= 0.6 is 0 Å². The SMILES string of the molecule is CC(C)c1ccc(CC(=O)Nc2ccn(Cc3cc(C#N)c(F)cn3)n2)cc1. The van der Waals surface area contributed by atoms with Crippen LogP contribution in [0.2, 0.25) is 0 Å². The third-order valence-corrected chi connectivity index (χ3v) is 4.28. The number of pyridine rings is 1. The molecule has 0 atom stereocenters. The van der Waals surface area contributed by atoms with Crippen LogP contribution in [0.4, 0.5) is 10.2 Å². The van der Waals surface area contributed by atoms with E-state index in [1.807, 2.05) is 24.3 Å². The third kappa shape index (κ3) is 4.80. The molecule has 0 aliphatic carbocycles. The summed E-state index contributed by atoms with van der Waals surface area (Å²) in [5, 5.41) is 15.9. The highest BCUT2D eigenvalue weighted by Crippen LogP contribution is 2.15. The molecule has 0 bridgehead atoms. The van der Waals surface area contributed by atoms with Crippen LogP contribution in [0.25, 0.3) is 0 Å². The van der Waals surface area contributed by atoms with Crippen LogP contribution < -0.4 is 5.32 Å². The van der Waals surface area contributed by atoms with Gasteiger partial charge >= 0.3 is 0 Å². The topological polar surface area (TPSA) is 83.6 Å². The molecule has 3 aromatic rings. The van der Waals surface area contributed by atoms with Crippen molar-refractivity contribution < 1.29 is 9.18 Å². The second-order valence-corrected chi connectivity index (χ2v) is 6.79. The number of aromatic nitrogens is 3. The van der Waals surface area contributed by atoms with Gasteiger partial charge in [-0.25, -0.2) is 4.39 Å². The maximum absolute atomic E-state index is 13.3. The van der Waals surface area contributed by atoms with Crippen LogP contribution in [0.5, 0.6) is 0 Å². The molecule has 0 saturated heterocycles. The number of nitriles is 1. The Hall–Kier alpha value is -3.53. The first kappa shape index (κ1) is 19.2. The Morgan fingerprint density at radius 3 is 2.71 bits per heavy atom. The van der Waals surface area contributed by atoms with Crippen LogP contribution in [0.3, 0.4) is 0 Å². The lowest BCUT2D eigenvalue weighted by Crippen LogP contribution is -2.15. The first-order chi connectivity index (χ1) is 13.4. The molecule has 1 amide bonds. The van der Waals surface area contributed by atoms with E-state index in [0.717, 1.165) is 11.8 Å². The van der Waals surface area contributed by atoms with Crippen LogP contribution in [-0.4, -0.2) is 20.7 Å². The summed E-state index contributed by atoms with van der Waals surface area (Å²) < 4.78 is 14.9. The Morgan fingerprint density at radius 2 is 2.04 bits per heavy atom. The van der Waals surface area contributed by atoms with Gasteiger partial charge in [0.1, 0.15) is 6.07 Å². The van der Waals surface area contributed by atoms with Crippen molar-refractivity contribution in [2.75, 3.05) is 5.32 Å². The van der Waals surface area contributed by atoms with Gasteiger partial charge in [-0.2, -0.15) is 10.4 Å². The predicted molar refractivity (Wildman–Crippen MR) is 103 cm³/mol. The normalized spacial score (nSPS) is 10.7. The van der Waals surface area contributed by atoms with Crippen molar-refractivity contribution in [3.8, 4) is 6.07 Å². The molecule has 2 heterocycles. The minimum atomic E-state index is -0.652. The molecular formula is C21H20FN5O. The monoisotopic (exact) mass is 377 g/mol. The molecule has 0 aliphatic heterocycles. The van der Waals surface area contributed by atoms with Gasteiger partial charge in [0, 0.05) is 12.3 Å². The lowest BCUT2D eigenvalue weighted by molar-refractivity contribution is -0.115. The van der Waals surface area contributed by atoms with E-state index in [4.69, 9.17) is 5.26 Å². The molecule has 0 spiro atoms. The van der Waals surface area contributed by atoms with Gasteiger partial charge in [-0.15, -0.1) is 0 Å². The van der Waals surface area contributed by atoms with Crippen molar-refractivity contribution in [2.24, 2.45) is 0 Å². The smallest absolute Gasteiger partial charge is 0.229 e. The fourth-order valence-electron chi connectivity index (χ4n) is 2.73. The number of rotatable bonds is 6. The van der Waals surface area contributed by atoms with Crippen molar-refractivity contribution in [1.82, 2.24) is 14.8 Å². The molecule has 0 saturated carbocycles. The van der Waals surface area contributed by atoms with Gasteiger partial charge in [-0.3, -0.25) is 14.5 Å². The summed E-state index contributed by atoms with van der Waals surface area (Å²) in [5.74, 6) is 0.0633. The highest BCUT2D eigenvalue weighted by Gasteiger charge is 2.09. The molecule has 0 radical (unpaired) electrons. The van der Waals surface area contributed by atoms with Crippen molar-refractivity contribution in [1.29, 1.82) is 5.26 Å². The first-order valence-corrected chi connectivity index (χ1v) is 8.91. The van der Waals surface area contributed by atoms with Crippen molar-refractivity contribution in [3.63, 3.8) is 0 Å². The number of benzene rings is 1. The van der Waals surface area contributed by atoms with Gasteiger partial charge in [-0.05, 0) is 23.1 Å². The number of carbonyl (C=O) groups is 1. The van der Waals surface area contributed by atoms with Crippen LogP contribution in [0.15, 0.2) is 48.8 Å². The minimum Gasteiger partial charge on any atom is -0.309 e. The summed E-state index contributed by atoms with van der Waals surface area (Å²) in [7, 11) is 0. The number of nitrogens with one attached hydrogen (secondary N) is 1. The van der Waals surface area contributed by atoms with Crippen LogP contribution in [0, 0.1) is 17.1 Å². The fourth-order valence-corrected chi connectivity index (χ4v) is 2.73. The fraction of sp³-hybridized carbons (Fsp3) is 0.238. The predicted octanol–water partition coefficient (Wildman–Crippen LogP) is 3.64. The van der Waals surface area contributed by atoms with Gasteiger partial charge in [0.05, 0.1) is 30.4 Å². The standard InChI is InChI=1S/C21H20FN5O/c1-14(2)16-5-3-15(4-6-16)9-21(28)25-20-7-8-27(26-20)13-18-10-17(11-23)19(22)12-24-18/h3-8,10,12,14H,9,13H2,1-2H3,(H,25,26,28). The van der Waals surface area contributed by atoms with Crippen LogP contribution in [-0.2, 0) is 17.8 Å². The summed E-state index contributed by atoms with van der Waals surface area (Å²) >= 11 is 0. The van der Waals surface area contributed by atoms with Gasteiger partial charge in [0.15, 0.2) is 11.6 Å². The summed E-state index contributed by atoms with van der Waals surface area (Å²) in [6, 6.07) is 12.8. The number of amides is 1. The number of hydrogen-bond donors (Lipinski definition) is 1. The lowest BCUT2D eigenvalue weighted by atomic mass is 10.0. The van der Waals surface area contributed by atoms with E-state index in [-0.39, 0.29) is 24.4 Å². The first-order valence-electron chi connectivity index (χ1n) is 8.91. The maximum atomic E-state index is 13.3. The zero-order valence-electron chi connectivity index (χ0n) is 15.7. The lowest BCUT2D eigenvalue weighted by Gasteiger charge is -2.07. The molecule has 0 aliphatic rings. The van der Waals surface area contributed by atoms with Crippen LogP contribution in [0.1, 0.15) is 42.1 Å².